The first kappa shape index (κ1) is 22.8. The van der Waals surface area contributed by atoms with Crippen molar-refractivity contribution in [3.05, 3.63) is 70.9 Å². The SMILES string of the molecule is CCOC(=O)C1=C(COC(=O)c2cc3ccc(OC)cc3nc2C)NC(=O)NC1c1ccco1. The molecule has 2 aromatic heterocycles. The predicted molar refractivity (Wildman–Crippen MR) is 120 cm³/mol. The van der Waals surface area contributed by atoms with Crippen LogP contribution in [0.1, 0.15) is 34.8 Å². The monoisotopic (exact) mass is 465 g/mol. The lowest BCUT2D eigenvalue weighted by Crippen LogP contribution is -2.47. The number of rotatable bonds is 7. The molecule has 10 heteroatoms. The number of nitrogens with one attached hydrogen (secondary N) is 2. The predicted octanol–water partition coefficient (Wildman–Crippen LogP) is 3.17. The Labute approximate surface area is 194 Å². The summed E-state index contributed by atoms with van der Waals surface area (Å²) in [6.45, 7) is 3.12. The van der Waals surface area contributed by atoms with E-state index in [0.29, 0.717) is 22.7 Å². The van der Waals surface area contributed by atoms with E-state index in [2.05, 4.69) is 15.6 Å². The molecule has 0 aliphatic carbocycles. The third-order valence-corrected chi connectivity index (χ3v) is 5.26. The summed E-state index contributed by atoms with van der Waals surface area (Å²) in [5, 5.41) is 5.91. The van der Waals surface area contributed by atoms with Crippen LogP contribution in [0.4, 0.5) is 4.79 Å². The normalized spacial score (nSPS) is 15.5. The number of furan rings is 1. The second kappa shape index (κ2) is 9.65. The zero-order chi connectivity index (χ0) is 24.2. The molecule has 2 N–H and O–H groups in total. The maximum Gasteiger partial charge on any atom is 0.340 e. The molecule has 2 amide bonds. The number of methoxy groups -OCH3 is 1. The number of ether oxygens (including phenoxy) is 3. The van der Waals surface area contributed by atoms with Crippen molar-refractivity contribution in [2.75, 3.05) is 20.3 Å². The molecule has 176 valence electrons. The Balaban J connectivity index is 1.62. The smallest absolute Gasteiger partial charge is 0.340 e. The van der Waals surface area contributed by atoms with Crippen LogP contribution in [-0.4, -0.2) is 43.3 Å². The Morgan fingerprint density at radius 2 is 1.97 bits per heavy atom. The summed E-state index contributed by atoms with van der Waals surface area (Å²) in [5.41, 5.74) is 1.59. The molecule has 0 saturated heterocycles. The molecule has 10 nitrogen and oxygen atoms in total. The average molecular weight is 465 g/mol. The van der Waals surface area contributed by atoms with Crippen LogP contribution in [0.25, 0.3) is 10.9 Å². The molecule has 1 aliphatic heterocycles. The van der Waals surface area contributed by atoms with Crippen LogP contribution in [0.3, 0.4) is 0 Å². The summed E-state index contributed by atoms with van der Waals surface area (Å²) in [7, 11) is 1.56. The van der Waals surface area contributed by atoms with Gasteiger partial charge in [0.25, 0.3) is 0 Å². The molecular formula is C24H23N3O7. The second-order valence-electron chi connectivity index (χ2n) is 7.42. The largest absolute Gasteiger partial charge is 0.497 e. The zero-order valence-electron chi connectivity index (χ0n) is 18.8. The standard InChI is InChI=1S/C24H23N3O7/c1-4-32-23(29)20-18(26-24(30)27-21(20)19-6-5-9-33-19)12-34-22(28)16-10-14-7-8-15(31-3)11-17(14)25-13(16)2/h5-11,21H,4,12H2,1-3H3,(H2,26,27,30). The average Bonchev–Trinajstić information content (AvgIpc) is 3.36. The fraction of sp³-hybridized carbons (Fsp3) is 0.250. The van der Waals surface area contributed by atoms with E-state index < -0.39 is 24.0 Å². The number of hydrogen-bond donors (Lipinski definition) is 2. The van der Waals surface area contributed by atoms with Gasteiger partial charge < -0.3 is 29.3 Å². The number of carbonyl (C=O) groups is 3. The van der Waals surface area contributed by atoms with Crippen molar-refractivity contribution in [3.8, 4) is 5.75 Å². The van der Waals surface area contributed by atoms with Crippen molar-refractivity contribution < 1.29 is 33.0 Å². The Morgan fingerprint density at radius 1 is 1.15 bits per heavy atom. The Morgan fingerprint density at radius 3 is 2.68 bits per heavy atom. The molecule has 0 bridgehead atoms. The number of esters is 2. The first-order valence-corrected chi connectivity index (χ1v) is 10.5. The number of fused-ring (bicyclic) bond motifs is 1. The van der Waals surface area contributed by atoms with Gasteiger partial charge in [-0.15, -0.1) is 0 Å². The van der Waals surface area contributed by atoms with Crippen LogP contribution in [0.15, 0.2) is 58.3 Å². The van der Waals surface area contributed by atoms with Crippen LogP contribution < -0.4 is 15.4 Å². The molecule has 4 rings (SSSR count). The number of carbonyl (C=O) groups excluding carboxylic acids is 3. The molecule has 1 aromatic carbocycles. The highest BCUT2D eigenvalue weighted by molar-refractivity contribution is 5.97. The van der Waals surface area contributed by atoms with E-state index in [4.69, 9.17) is 18.6 Å². The van der Waals surface area contributed by atoms with E-state index in [-0.39, 0.29) is 30.0 Å². The quantitative estimate of drug-likeness (QED) is 0.509. The number of amides is 2. The molecule has 0 radical (unpaired) electrons. The summed E-state index contributed by atoms with van der Waals surface area (Å²) in [4.78, 5) is 42.3. The third kappa shape index (κ3) is 4.56. The molecule has 3 aromatic rings. The van der Waals surface area contributed by atoms with Gasteiger partial charge in [-0.25, -0.2) is 14.4 Å². The minimum atomic E-state index is -0.893. The Kier molecular flexibility index (Phi) is 6.48. The summed E-state index contributed by atoms with van der Waals surface area (Å²) in [5.74, 6) is -0.326. The summed E-state index contributed by atoms with van der Waals surface area (Å²) >= 11 is 0. The summed E-state index contributed by atoms with van der Waals surface area (Å²) in [6, 6.07) is 8.80. The van der Waals surface area contributed by atoms with Gasteiger partial charge in [0.15, 0.2) is 0 Å². The number of nitrogens with zero attached hydrogens (tertiary/aromatic N) is 1. The van der Waals surface area contributed by atoms with Crippen LogP contribution in [0.5, 0.6) is 5.75 Å². The molecule has 0 saturated carbocycles. The van der Waals surface area contributed by atoms with Gasteiger partial charge in [0, 0.05) is 11.5 Å². The third-order valence-electron chi connectivity index (χ3n) is 5.26. The molecular weight excluding hydrogens is 442 g/mol. The van der Waals surface area contributed by atoms with E-state index in [1.54, 1.807) is 57.4 Å². The lowest BCUT2D eigenvalue weighted by Gasteiger charge is -2.27. The van der Waals surface area contributed by atoms with Crippen molar-refractivity contribution in [2.45, 2.75) is 19.9 Å². The maximum absolute atomic E-state index is 12.9. The number of benzene rings is 1. The number of aryl methyl sites for hydroxylation is 1. The molecule has 3 heterocycles. The molecule has 1 aliphatic rings. The van der Waals surface area contributed by atoms with Gasteiger partial charge in [0.1, 0.15) is 24.2 Å². The second-order valence-corrected chi connectivity index (χ2v) is 7.42. The molecule has 0 spiro atoms. The highest BCUT2D eigenvalue weighted by atomic mass is 16.5. The van der Waals surface area contributed by atoms with Crippen LogP contribution in [0, 0.1) is 6.92 Å². The van der Waals surface area contributed by atoms with Crippen LogP contribution in [0.2, 0.25) is 0 Å². The van der Waals surface area contributed by atoms with Gasteiger partial charge in [-0.3, -0.25) is 4.98 Å². The minimum Gasteiger partial charge on any atom is -0.497 e. The fourth-order valence-electron chi connectivity index (χ4n) is 3.64. The van der Waals surface area contributed by atoms with Gasteiger partial charge in [0.05, 0.1) is 48.0 Å². The van der Waals surface area contributed by atoms with Gasteiger partial charge >= 0.3 is 18.0 Å². The molecule has 34 heavy (non-hydrogen) atoms. The van der Waals surface area contributed by atoms with Gasteiger partial charge in [-0.2, -0.15) is 0 Å². The van der Waals surface area contributed by atoms with E-state index in [9.17, 15) is 14.4 Å². The van der Waals surface area contributed by atoms with Gasteiger partial charge in [-0.1, -0.05) is 0 Å². The van der Waals surface area contributed by atoms with Crippen molar-refractivity contribution in [2.24, 2.45) is 0 Å². The molecule has 1 unspecified atom stereocenters. The first-order chi connectivity index (χ1) is 16.4. The topological polar surface area (TPSA) is 129 Å². The van der Waals surface area contributed by atoms with E-state index >= 15 is 0 Å². The van der Waals surface area contributed by atoms with Crippen molar-refractivity contribution in [1.82, 2.24) is 15.6 Å². The maximum atomic E-state index is 12.9. The zero-order valence-corrected chi connectivity index (χ0v) is 18.8. The number of pyridine rings is 1. The minimum absolute atomic E-state index is 0.0876. The lowest BCUT2D eigenvalue weighted by atomic mass is 10.0. The van der Waals surface area contributed by atoms with Gasteiger partial charge in [0.2, 0.25) is 0 Å². The number of hydrogen-bond acceptors (Lipinski definition) is 8. The van der Waals surface area contributed by atoms with Crippen LogP contribution >= 0.6 is 0 Å². The van der Waals surface area contributed by atoms with E-state index in [1.165, 1.54) is 6.26 Å². The van der Waals surface area contributed by atoms with Crippen molar-refractivity contribution >= 4 is 28.9 Å². The summed E-state index contributed by atoms with van der Waals surface area (Å²) < 4.78 is 21.2. The highest BCUT2D eigenvalue weighted by Crippen LogP contribution is 2.28. The number of urea groups is 1. The Bertz CT molecular complexity index is 1280. The highest BCUT2D eigenvalue weighted by Gasteiger charge is 2.35. The fourth-order valence-corrected chi connectivity index (χ4v) is 3.64. The first-order valence-electron chi connectivity index (χ1n) is 10.5. The lowest BCUT2D eigenvalue weighted by molar-refractivity contribution is -0.139. The van der Waals surface area contributed by atoms with Gasteiger partial charge in [-0.05, 0) is 44.2 Å². The van der Waals surface area contributed by atoms with Crippen molar-refractivity contribution in [3.63, 3.8) is 0 Å². The van der Waals surface area contributed by atoms with E-state index in [0.717, 1.165) is 5.39 Å². The molecule has 1 atom stereocenters. The number of aromatic nitrogens is 1. The molecule has 0 fully saturated rings. The summed E-state index contributed by atoms with van der Waals surface area (Å²) in [6.07, 6.45) is 1.43. The Hall–Kier alpha value is -4.34. The van der Waals surface area contributed by atoms with E-state index in [1.807, 2.05) is 0 Å². The van der Waals surface area contributed by atoms with Crippen LogP contribution in [-0.2, 0) is 14.3 Å². The van der Waals surface area contributed by atoms with Crippen molar-refractivity contribution in [1.29, 1.82) is 0 Å².